The van der Waals surface area contributed by atoms with E-state index < -0.39 is 18.4 Å². The number of hydrogen-bond donors (Lipinski definition) is 3. The van der Waals surface area contributed by atoms with Gasteiger partial charge in [-0.1, -0.05) is 18.2 Å². The summed E-state index contributed by atoms with van der Waals surface area (Å²) in [4.78, 5) is 11.6. The van der Waals surface area contributed by atoms with E-state index >= 15 is 0 Å². The Morgan fingerprint density at radius 3 is 2.58 bits per heavy atom. The van der Waals surface area contributed by atoms with Gasteiger partial charge in [-0.25, -0.2) is 4.79 Å². The number of carbonyl (C=O) groups is 1. The first-order chi connectivity index (χ1) is 9.13. The van der Waals surface area contributed by atoms with Gasteiger partial charge < -0.3 is 19.7 Å². The van der Waals surface area contributed by atoms with Crippen molar-refractivity contribution in [3.63, 3.8) is 0 Å². The highest BCUT2D eigenvalue weighted by atomic mass is 32.1. The van der Waals surface area contributed by atoms with E-state index in [0.717, 1.165) is 0 Å². The van der Waals surface area contributed by atoms with E-state index in [-0.39, 0.29) is 13.0 Å². The van der Waals surface area contributed by atoms with E-state index in [1.54, 1.807) is 30.3 Å². The summed E-state index contributed by atoms with van der Waals surface area (Å²) in [5, 5.41) is 19.0. The van der Waals surface area contributed by atoms with Crippen LogP contribution in [0.3, 0.4) is 0 Å². The first-order valence-corrected chi connectivity index (χ1v) is 6.57. The van der Waals surface area contributed by atoms with Crippen LogP contribution in [0.2, 0.25) is 0 Å². The minimum Gasteiger partial charge on any atom is -0.459 e. The molecular formula is C13H18O5S. The van der Waals surface area contributed by atoms with E-state index in [1.807, 2.05) is 0 Å². The molecule has 1 unspecified atom stereocenters. The molecule has 6 heteroatoms. The quantitative estimate of drug-likeness (QED) is 0.375. The molecule has 1 rings (SSSR count). The minimum absolute atomic E-state index is 0.0180. The average molecular weight is 286 g/mol. The van der Waals surface area contributed by atoms with Crippen LogP contribution in [0.1, 0.15) is 16.8 Å². The average Bonchev–Trinajstić information content (AvgIpc) is 2.43. The first-order valence-electron chi connectivity index (χ1n) is 5.94. The van der Waals surface area contributed by atoms with Gasteiger partial charge in [0, 0.05) is 12.2 Å². The molecule has 0 fully saturated rings. The Bertz CT molecular complexity index is 371. The van der Waals surface area contributed by atoms with E-state index in [0.29, 0.717) is 17.9 Å². The van der Waals surface area contributed by atoms with Crippen molar-refractivity contribution >= 4 is 18.6 Å². The van der Waals surface area contributed by atoms with Crippen molar-refractivity contribution in [2.45, 2.75) is 18.8 Å². The Balaban J connectivity index is 2.26. The standard InChI is InChI=1S/C13H18O5S/c14-11(8-12(15)17-6-7-19)9-18-13(16)10-4-2-1-3-5-10/h1-5,11-12,14-15,19H,6-9H2/t11-,12?/m1/s1. The summed E-state index contributed by atoms with van der Waals surface area (Å²) < 4.78 is 9.86. The van der Waals surface area contributed by atoms with Crippen molar-refractivity contribution in [3.05, 3.63) is 35.9 Å². The van der Waals surface area contributed by atoms with Gasteiger partial charge in [0.15, 0.2) is 6.29 Å². The van der Waals surface area contributed by atoms with Gasteiger partial charge in [-0.3, -0.25) is 0 Å². The number of benzene rings is 1. The summed E-state index contributed by atoms with van der Waals surface area (Å²) >= 11 is 3.93. The van der Waals surface area contributed by atoms with E-state index in [1.165, 1.54) is 0 Å². The number of rotatable bonds is 8. The van der Waals surface area contributed by atoms with Gasteiger partial charge in [0.2, 0.25) is 0 Å². The molecule has 0 amide bonds. The second-order valence-corrected chi connectivity index (χ2v) is 4.35. The molecule has 0 aliphatic rings. The molecular weight excluding hydrogens is 268 g/mol. The number of thiol groups is 1. The normalized spacial score (nSPS) is 13.8. The van der Waals surface area contributed by atoms with Crippen molar-refractivity contribution < 1.29 is 24.5 Å². The molecule has 19 heavy (non-hydrogen) atoms. The molecule has 2 atom stereocenters. The van der Waals surface area contributed by atoms with Crippen molar-refractivity contribution in [3.8, 4) is 0 Å². The molecule has 0 aromatic heterocycles. The zero-order chi connectivity index (χ0) is 14.1. The maximum absolute atomic E-state index is 11.6. The topological polar surface area (TPSA) is 76.0 Å². The van der Waals surface area contributed by atoms with Crippen LogP contribution < -0.4 is 0 Å². The maximum atomic E-state index is 11.6. The fourth-order valence-corrected chi connectivity index (χ4v) is 1.49. The summed E-state index contributed by atoms with van der Waals surface area (Å²) in [6.45, 7) is 0.107. The molecule has 0 heterocycles. The molecule has 5 nitrogen and oxygen atoms in total. The lowest BCUT2D eigenvalue weighted by molar-refractivity contribution is -0.119. The third-order valence-corrected chi connectivity index (χ3v) is 2.47. The largest absolute Gasteiger partial charge is 0.459 e. The molecule has 0 spiro atoms. The lowest BCUT2D eigenvalue weighted by Gasteiger charge is -2.16. The minimum atomic E-state index is -1.09. The molecule has 0 saturated carbocycles. The molecule has 0 aliphatic heterocycles. The van der Waals surface area contributed by atoms with Gasteiger partial charge in [0.1, 0.15) is 6.61 Å². The number of ether oxygens (including phenoxy) is 2. The van der Waals surface area contributed by atoms with Gasteiger partial charge in [0.25, 0.3) is 0 Å². The maximum Gasteiger partial charge on any atom is 0.338 e. The summed E-state index contributed by atoms with van der Waals surface area (Å²) in [6, 6.07) is 8.49. The Morgan fingerprint density at radius 2 is 1.95 bits per heavy atom. The van der Waals surface area contributed by atoms with Crippen molar-refractivity contribution in [2.75, 3.05) is 19.0 Å². The second kappa shape index (κ2) is 8.92. The van der Waals surface area contributed by atoms with Crippen LogP contribution in [-0.2, 0) is 9.47 Å². The highest BCUT2D eigenvalue weighted by molar-refractivity contribution is 7.80. The number of hydrogen-bond acceptors (Lipinski definition) is 6. The Hall–Kier alpha value is -1.08. The summed E-state index contributed by atoms with van der Waals surface area (Å²) in [5.41, 5.74) is 0.418. The molecule has 1 aromatic rings. The predicted octanol–water partition coefficient (Wildman–Crippen LogP) is 0.859. The number of carbonyl (C=O) groups excluding carboxylic acids is 1. The zero-order valence-corrected chi connectivity index (χ0v) is 11.3. The van der Waals surface area contributed by atoms with Gasteiger partial charge in [-0.05, 0) is 12.1 Å². The van der Waals surface area contributed by atoms with Gasteiger partial charge in [-0.2, -0.15) is 12.6 Å². The molecule has 0 saturated heterocycles. The van der Waals surface area contributed by atoms with Gasteiger partial charge in [0.05, 0.1) is 18.3 Å². The van der Waals surface area contributed by atoms with E-state index in [2.05, 4.69) is 12.6 Å². The van der Waals surface area contributed by atoms with Gasteiger partial charge in [-0.15, -0.1) is 0 Å². The lowest BCUT2D eigenvalue weighted by Crippen LogP contribution is -2.26. The van der Waals surface area contributed by atoms with Crippen LogP contribution in [0.25, 0.3) is 0 Å². The highest BCUT2D eigenvalue weighted by Gasteiger charge is 2.15. The Labute approximate surface area is 117 Å². The van der Waals surface area contributed by atoms with Crippen LogP contribution in [0.4, 0.5) is 0 Å². The molecule has 0 radical (unpaired) electrons. The van der Waals surface area contributed by atoms with Crippen LogP contribution in [-0.4, -0.2) is 47.5 Å². The van der Waals surface area contributed by atoms with Crippen LogP contribution in [0.15, 0.2) is 30.3 Å². The SMILES string of the molecule is O=C(OC[C@H](O)CC(O)OCCS)c1ccccc1. The fourth-order valence-electron chi connectivity index (χ4n) is 1.39. The van der Waals surface area contributed by atoms with Crippen molar-refractivity contribution in [2.24, 2.45) is 0 Å². The fraction of sp³-hybridized carbons (Fsp3) is 0.462. The Kier molecular flexibility index (Phi) is 7.50. The number of aliphatic hydroxyl groups is 2. The monoisotopic (exact) mass is 286 g/mol. The van der Waals surface area contributed by atoms with E-state index in [4.69, 9.17) is 9.47 Å². The summed E-state index contributed by atoms with van der Waals surface area (Å²) in [7, 11) is 0. The molecule has 0 bridgehead atoms. The zero-order valence-electron chi connectivity index (χ0n) is 10.4. The molecule has 2 N–H and O–H groups in total. The van der Waals surface area contributed by atoms with Crippen molar-refractivity contribution in [1.82, 2.24) is 0 Å². The lowest BCUT2D eigenvalue weighted by atomic mass is 10.2. The smallest absolute Gasteiger partial charge is 0.338 e. The Morgan fingerprint density at radius 1 is 1.26 bits per heavy atom. The van der Waals surface area contributed by atoms with Crippen LogP contribution in [0, 0.1) is 0 Å². The number of esters is 1. The second-order valence-electron chi connectivity index (χ2n) is 3.90. The molecule has 1 aromatic carbocycles. The van der Waals surface area contributed by atoms with Gasteiger partial charge >= 0.3 is 5.97 Å². The predicted molar refractivity (Wildman–Crippen MR) is 73.2 cm³/mol. The molecule has 0 aliphatic carbocycles. The number of aliphatic hydroxyl groups excluding tert-OH is 2. The highest BCUT2D eigenvalue weighted by Crippen LogP contribution is 2.05. The van der Waals surface area contributed by atoms with E-state index in [9.17, 15) is 15.0 Å². The summed E-state index contributed by atoms with van der Waals surface area (Å²) in [5.74, 6) is -0.0266. The first kappa shape index (κ1) is 16.0. The third-order valence-electron chi connectivity index (χ3n) is 2.29. The third kappa shape index (κ3) is 6.58. The molecule has 106 valence electrons. The summed E-state index contributed by atoms with van der Waals surface area (Å²) in [6.07, 6.45) is -2.07. The van der Waals surface area contributed by atoms with Crippen LogP contribution >= 0.6 is 12.6 Å². The van der Waals surface area contributed by atoms with Crippen LogP contribution in [0.5, 0.6) is 0 Å². The van der Waals surface area contributed by atoms with Crippen molar-refractivity contribution in [1.29, 1.82) is 0 Å².